The van der Waals surface area contributed by atoms with E-state index in [9.17, 15) is 20.1 Å². The molecule has 1 saturated heterocycles. The fourth-order valence-electron chi connectivity index (χ4n) is 5.09. The van der Waals surface area contributed by atoms with E-state index >= 15 is 0 Å². The van der Waals surface area contributed by atoms with Crippen LogP contribution in [0, 0.1) is 34.5 Å². The van der Waals surface area contributed by atoms with E-state index in [0.29, 0.717) is 37.7 Å². The Morgan fingerprint density at radius 2 is 1.02 bits per heavy atom. The van der Waals surface area contributed by atoms with E-state index in [0.717, 1.165) is 11.1 Å². The first-order valence-electron chi connectivity index (χ1n) is 13.3. The van der Waals surface area contributed by atoms with Crippen LogP contribution in [0.25, 0.3) is 0 Å². The Hall–Kier alpha value is -4.12. The van der Waals surface area contributed by atoms with Gasteiger partial charge in [-0.1, -0.05) is 24.3 Å². The Labute approximate surface area is 235 Å². The maximum atomic E-state index is 12.8. The van der Waals surface area contributed by atoms with E-state index in [4.69, 9.17) is 18.9 Å². The molecule has 10 heteroatoms. The quantitative estimate of drug-likeness (QED) is 0.364. The molecule has 3 rings (SSSR count). The topological polar surface area (TPSA) is 125 Å². The molecule has 0 aliphatic carbocycles. The summed E-state index contributed by atoms with van der Waals surface area (Å²) in [6, 6.07) is 17.8. The van der Waals surface area contributed by atoms with Gasteiger partial charge in [0.15, 0.2) is 11.8 Å². The normalized spacial score (nSPS) is 16.9. The van der Waals surface area contributed by atoms with Gasteiger partial charge in [0.1, 0.15) is 11.5 Å². The minimum absolute atomic E-state index is 0.174. The van der Waals surface area contributed by atoms with Crippen LogP contribution in [-0.4, -0.2) is 75.4 Å². The minimum atomic E-state index is -1.04. The van der Waals surface area contributed by atoms with Crippen LogP contribution < -0.4 is 9.47 Å². The molecule has 1 aliphatic rings. The van der Waals surface area contributed by atoms with Crippen LogP contribution in [0.3, 0.4) is 0 Å². The highest BCUT2D eigenvalue weighted by atomic mass is 16.5. The summed E-state index contributed by atoms with van der Waals surface area (Å²) in [5.74, 6) is -1.89. The van der Waals surface area contributed by atoms with E-state index in [2.05, 4.69) is 21.9 Å². The molecule has 212 valence electrons. The van der Waals surface area contributed by atoms with E-state index in [1.807, 2.05) is 24.3 Å². The number of ether oxygens (including phenoxy) is 4. The highest BCUT2D eigenvalue weighted by molar-refractivity contribution is 5.77. The molecule has 1 heterocycles. The molecule has 0 aromatic heterocycles. The highest BCUT2D eigenvalue weighted by Gasteiger charge is 2.41. The Kier molecular flexibility index (Phi) is 11.3. The molecule has 0 bridgehead atoms. The van der Waals surface area contributed by atoms with Crippen molar-refractivity contribution >= 4 is 11.9 Å². The average Bonchev–Trinajstić information content (AvgIpc) is 2.99. The average molecular weight is 549 g/mol. The summed E-state index contributed by atoms with van der Waals surface area (Å²) in [6.45, 7) is 5.72. The van der Waals surface area contributed by atoms with Crippen molar-refractivity contribution in [2.24, 2.45) is 11.8 Å². The van der Waals surface area contributed by atoms with Crippen molar-refractivity contribution in [2.75, 3.05) is 53.6 Å². The van der Waals surface area contributed by atoms with E-state index < -0.39 is 35.9 Å². The zero-order valence-electron chi connectivity index (χ0n) is 23.4. The zero-order chi connectivity index (χ0) is 29.1. The summed E-state index contributed by atoms with van der Waals surface area (Å²) < 4.78 is 21.1. The molecule has 2 aromatic carbocycles. The lowest BCUT2D eigenvalue weighted by atomic mass is 9.90. The second kappa shape index (κ2) is 14.9. The standard InChI is InChI=1S/C30H36N4O6/c1-5-39-29(35)25(19-31)27(21-7-11-23(37-3)12-8-21)33-15-17-34(18-16-33)28(26(20-32)30(36)40-6-2)22-9-13-24(38-4)14-10-22/h7-14,25-28H,5-6,15-18H2,1-4H3. The number of rotatable bonds is 12. The van der Waals surface area contributed by atoms with Gasteiger partial charge in [-0.3, -0.25) is 19.4 Å². The smallest absolute Gasteiger partial charge is 0.325 e. The van der Waals surface area contributed by atoms with Gasteiger partial charge >= 0.3 is 11.9 Å². The van der Waals surface area contributed by atoms with Crippen LogP contribution >= 0.6 is 0 Å². The summed E-state index contributed by atoms with van der Waals surface area (Å²) >= 11 is 0. The molecule has 0 N–H and O–H groups in total. The Morgan fingerprint density at radius 3 is 1.27 bits per heavy atom. The lowest BCUT2D eigenvalue weighted by molar-refractivity contribution is -0.150. The molecular weight excluding hydrogens is 512 g/mol. The Morgan fingerprint density at radius 1 is 0.700 bits per heavy atom. The molecule has 0 spiro atoms. The number of piperazine rings is 1. The first-order valence-corrected chi connectivity index (χ1v) is 13.3. The molecule has 1 aliphatic heterocycles. The molecule has 0 amide bonds. The van der Waals surface area contributed by atoms with E-state index in [1.54, 1.807) is 52.3 Å². The van der Waals surface area contributed by atoms with Gasteiger partial charge in [0.2, 0.25) is 0 Å². The molecule has 40 heavy (non-hydrogen) atoms. The number of esters is 2. The number of nitrogens with zero attached hydrogens (tertiary/aromatic N) is 4. The number of methoxy groups -OCH3 is 2. The predicted molar refractivity (Wildman–Crippen MR) is 146 cm³/mol. The van der Waals surface area contributed by atoms with Crippen molar-refractivity contribution in [3.8, 4) is 23.6 Å². The van der Waals surface area contributed by atoms with Crippen LogP contribution in [0.4, 0.5) is 0 Å². The molecule has 4 atom stereocenters. The number of carbonyl (C=O) groups excluding carboxylic acids is 2. The third-order valence-corrected chi connectivity index (χ3v) is 7.04. The van der Waals surface area contributed by atoms with Gasteiger partial charge in [0.05, 0.1) is 51.7 Å². The summed E-state index contributed by atoms with van der Waals surface area (Å²) in [7, 11) is 3.15. The van der Waals surface area contributed by atoms with Crippen LogP contribution in [0.1, 0.15) is 37.1 Å². The fourth-order valence-corrected chi connectivity index (χ4v) is 5.09. The van der Waals surface area contributed by atoms with Gasteiger partial charge in [-0.25, -0.2) is 0 Å². The molecule has 4 unspecified atom stereocenters. The van der Waals surface area contributed by atoms with Crippen LogP contribution in [-0.2, 0) is 19.1 Å². The molecule has 0 saturated carbocycles. The third kappa shape index (κ3) is 7.09. The third-order valence-electron chi connectivity index (χ3n) is 7.04. The van der Waals surface area contributed by atoms with Crippen molar-refractivity contribution in [1.29, 1.82) is 10.5 Å². The maximum Gasteiger partial charge on any atom is 0.325 e. The van der Waals surface area contributed by atoms with E-state index in [-0.39, 0.29) is 13.2 Å². The number of hydrogen-bond acceptors (Lipinski definition) is 10. The van der Waals surface area contributed by atoms with Gasteiger partial charge in [-0.05, 0) is 49.2 Å². The van der Waals surface area contributed by atoms with E-state index in [1.165, 1.54) is 0 Å². The van der Waals surface area contributed by atoms with Gasteiger partial charge in [0.25, 0.3) is 0 Å². The number of carbonyl (C=O) groups is 2. The largest absolute Gasteiger partial charge is 0.497 e. The second-order valence-electron chi connectivity index (χ2n) is 9.23. The maximum absolute atomic E-state index is 12.8. The molecule has 2 aromatic rings. The van der Waals surface area contributed by atoms with Gasteiger partial charge in [0, 0.05) is 26.2 Å². The highest BCUT2D eigenvalue weighted by Crippen LogP contribution is 2.36. The van der Waals surface area contributed by atoms with Crippen LogP contribution in [0.5, 0.6) is 11.5 Å². The number of benzene rings is 2. The van der Waals surface area contributed by atoms with Crippen molar-refractivity contribution in [1.82, 2.24) is 9.80 Å². The lowest BCUT2D eigenvalue weighted by Gasteiger charge is -2.43. The fraction of sp³-hybridized carbons (Fsp3) is 0.467. The van der Waals surface area contributed by atoms with Crippen molar-refractivity contribution in [3.63, 3.8) is 0 Å². The molecule has 10 nitrogen and oxygen atoms in total. The van der Waals surface area contributed by atoms with Gasteiger partial charge in [-0.15, -0.1) is 0 Å². The number of nitriles is 2. The first-order chi connectivity index (χ1) is 19.4. The van der Waals surface area contributed by atoms with Crippen LogP contribution in [0.2, 0.25) is 0 Å². The first kappa shape index (κ1) is 30.4. The van der Waals surface area contributed by atoms with Crippen LogP contribution in [0.15, 0.2) is 48.5 Å². The Bertz CT molecular complexity index is 1100. The summed E-state index contributed by atoms with van der Waals surface area (Å²) in [6.07, 6.45) is 0. The predicted octanol–water partition coefficient (Wildman–Crippen LogP) is 3.51. The number of hydrogen-bond donors (Lipinski definition) is 0. The lowest BCUT2D eigenvalue weighted by Crippen LogP contribution is -2.52. The molecule has 0 radical (unpaired) electrons. The van der Waals surface area contributed by atoms with Crippen molar-refractivity contribution in [3.05, 3.63) is 59.7 Å². The van der Waals surface area contributed by atoms with Crippen molar-refractivity contribution < 1.29 is 28.5 Å². The summed E-state index contributed by atoms with van der Waals surface area (Å²) in [5.41, 5.74) is 1.59. The minimum Gasteiger partial charge on any atom is -0.497 e. The van der Waals surface area contributed by atoms with Gasteiger partial charge in [-0.2, -0.15) is 10.5 Å². The monoisotopic (exact) mass is 548 g/mol. The molecular formula is C30H36N4O6. The SMILES string of the molecule is CCOC(=O)C(C#N)C(c1ccc(OC)cc1)N1CCN(C(c2ccc(OC)cc2)C(C#N)C(=O)OCC)CC1. The van der Waals surface area contributed by atoms with Crippen molar-refractivity contribution in [2.45, 2.75) is 25.9 Å². The second-order valence-corrected chi connectivity index (χ2v) is 9.23. The van der Waals surface area contributed by atoms with Gasteiger partial charge < -0.3 is 18.9 Å². The zero-order valence-corrected chi connectivity index (χ0v) is 23.4. The summed E-state index contributed by atoms with van der Waals surface area (Å²) in [5, 5.41) is 20.0. The summed E-state index contributed by atoms with van der Waals surface area (Å²) in [4.78, 5) is 29.8. The Balaban J connectivity index is 1.92. The molecule has 1 fully saturated rings.